The van der Waals surface area contributed by atoms with E-state index in [1.165, 1.54) is 0 Å². The molecule has 13 heavy (non-hydrogen) atoms. The topological polar surface area (TPSA) is 38.1 Å². The zero-order chi connectivity index (χ0) is 9.42. The number of aryl methyl sites for hydroxylation is 2. The molecule has 1 aromatic heterocycles. The highest BCUT2D eigenvalue weighted by Gasteiger charge is 2.25. The van der Waals surface area contributed by atoms with E-state index in [2.05, 4.69) is 5.10 Å². The monoisotopic (exact) mass is 179 g/mol. The molecule has 4 heteroatoms. The summed E-state index contributed by atoms with van der Waals surface area (Å²) in [6, 6.07) is 0. The highest BCUT2D eigenvalue weighted by Crippen LogP contribution is 2.14. The van der Waals surface area contributed by atoms with E-state index < -0.39 is 0 Å². The van der Waals surface area contributed by atoms with Crippen LogP contribution in [0.4, 0.5) is 0 Å². The summed E-state index contributed by atoms with van der Waals surface area (Å²) < 4.78 is 1.65. The van der Waals surface area contributed by atoms with Crippen LogP contribution in [0.25, 0.3) is 0 Å². The maximum absolute atomic E-state index is 11.8. The van der Waals surface area contributed by atoms with Crippen molar-refractivity contribution in [1.82, 2.24) is 14.7 Å². The first-order valence-corrected chi connectivity index (χ1v) is 4.48. The summed E-state index contributed by atoms with van der Waals surface area (Å²) in [5, 5.41) is 4.05. The fourth-order valence-corrected chi connectivity index (χ4v) is 1.52. The number of hydrogen-bond acceptors (Lipinski definition) is 2. The van der Waals surface area contributed by atoms with Gasteiger partial charge in [0.25, 0.3) is 5.91 Å². The van der Waals surface area contributed by atoms with Crippen LogP contribution < -0.4 is 0 Å². The molecule has 0 atom stereocenters. The van der Waals surface area contributed by atoms with Crippen LogP contribution in [0.5, 0.6) is 0 Å². The van der Waals surface area contributed by atoms with Crippen molar-refractivity contribution in [2.24, 2.45) is 7.05 Å². The summed E-state index contributed by atoms with van der Waals surface area (Å²) >= 11 is 0. The van der Waals surface area contributed by atoms with Crippen molar-refractivity contribution in [3.8, 4) is 0 Å². The fraction of sp³-hybridized carbons (Fsp3) is 0.556. The molecule has 0 N–H and O–H groups in total. The minimum atomic E-state index is 0.115. The van der Waals surface area contributed by atoms with Gasteiger partial charge in [-0.2, -0.15) is 5.10 Å². The van der Waals surface area contributed by atoms with Crippen molar-refractivity contribution in [2.75, 3.05) is 13.1 Å². The Morgan fingerprint density at radius 3 is 2.62 bits per heavy atom. The lowest BCUT2D eigenvalue weighted by Crippen LogP contribution is -2.43. The van der Waals surface area contributed by atoms with E-state index in [0.717, 1.165) is 30.8 Å². The summed E-state index contributed by atoms with van der Waals surface area (Å²) in [6.45, 7) is 3.70. The van der Waals surface area contributed by atoms with E-state index in [-0.39, 0.29) is 5.91 Å². The number of hydrogen-bond donors (Lipinski definition) is 0. The summed E-state index contributed by atoms with van der Waals surface area (Å²) in [5.41, 5.74) is 1.68. The molecule has 1 amide bonds. The van der Waals surface area contributed by atoms with Gasteiger partial charge < -0.3 is 4.90 Å². The Hall–Kier alpha value is -1.32. The first-order chi connectivity index (χ1) is 6.20. The van der Waals surface area contributed by atoms with Crippen LogP contribution in [-0.2, 0) is 7.05 Å². The van der Waals surface area contributed by atoms with Gasteiger partial charge in [0, 0.05) is 20.1 Å². The highest BCUT2D eigenvalue weighted by molar-refractivity contribution is 5.94. The lowest BCUT2D eigenvalue weighted by molar-refractivity contribution is 0.0639. The van der Waals surface area contributed by atoms with Crippen molar-refractivity contribution >= 4 is 5.91 Å². The molecule has 0 bridgehead atoms. The Labute approximate surface area is 77.1 Å². The molecule has 0 unspecified atom stereocenters. The van der Waals surface area contributed by atoms with Crippen LogP contribution >= 0.6 is 0 Å². The molecule has 1 aromatic rings. The molecule has 1 aliphatic heterocycles. The van der Waals surface area contributed by atoms with Crippen LogP contribution in [0.1, 0.15) is 22.5 Å². The Morgan fingerprint density at radius 2 is 2.23 bits per heavy atom. The Balaban J connectivity index is 2.28. The van der Waals surface area contributed by atoms with Crippen molar-refractivity contribution in [3.63, 3.8) is 0 Å². The summed E-state index contributed by atoms with van der Waals surface area (Å²) in [7, 11) is 1.81. The van der Waals surface area contributed by atoms with Crippen LogP contribution in [0.3, 0.4) is 0 Å². The number of carbonyl (C=O) groups excluding carboxylic acids is 1. The average Bonchev–Trinajstić information content (AvgIpc) is 2.27. The van der Waals surface area contributed by atoms with Gasteiger partial charge in [-0.05, 0) is 18.9 Å². The maximum Gasteiger partial charge on any atom is 0.272 e. The van der Waals surface area contributed by atoms with Crippen LogP contribution in [-0.4, -0.2) is 33.7 Å². The second-order valence-electron chi connectivity index (χ2n) is 3.45. The number of likely N-dealkylation sites (tertiary alicyclic amines) is 1. The zero-order valence-corrected chi connectivity index (χ0v) is 7.95. The zero-order valence-electron chi connectivity index (χ0n) is 7.95. The van der Waals surface area contributed by atoms with Crippen LogP contribution in [0, 0.1) is 6.92 Å². The molecule has 0 aromatic carbocycles. The maximum atomic E-state index is 11.8. The Morgan fingerprint density at radius 1 is 1.54 bits per heavy atom. The number of rotatable bonds is 1. The van der Waals surface area contributed by atoms with E-state index in [4.69, 9.17) is 0 Å². The molecule has 2 rings (SSSR count). The Bertz CT molecular complexity index is 319. The van der Waals surface area contributed by atoms with Gasteiger partial charge in [0.1, 0.15) is 5.69 Å². The molecular weight excluding hydrogens is 166 g/mol. The van der Waals surface area contributed by atoms with Crippen molar-refractivity contribution in [2.45, 2.75) is 13.3 Å². The van der Waals surface area contributed by atoms with Gasteiger partial charge in [-0.1, -0.05) is 0 Å². The van der Waals surface area contributed by atoms with Gasteiger partial charge >= 0.3 is 0 Å². The molecule has 1 saturated heterocycles. The number of amides is 1. The summed E-state index contributed by atoms with van der Waals surface area (Å²) in [6.07, 6.45) is 2.86. The van der Waals surface area contributed by atoms with Crippen LogP contribution in [0.15, 0.2) is 6.20 Å². The molecule has 0 spiro atoms. The van der Waals surface area contributed by atoms with Crippen molar-refractivity contribution in [1.29, 1.82) is 0 Å². The second-order valence-corrected chi connectivity index (χ2v) is 3.45. The normalized spacial score (nSPS) is 15.7. The summed E-state index contributed by atoms with van der Waals surface area (Å²) in [5.74, 6) is 0.115. The predicted molar refractivity (Wildman–Crippen MR) is 48.5 cm³/mol. The van der Waals surface area contributed by atoms with E-state index >= 15 is 0 Å². The molecule has 1 fully saturated rings. The average molecular weight is 179 g/mol. The van der Waals surface area contributed by atoms with Crippen LogP contribution in [0.2, 0.25) is 0 Å². The summed E-state index contributed by atoms with van der Waals surface area (Å²) in [4.78, 5) is 13.6. The lowest BCUT2D eigenvalue weighted by Gasteiger charge is -2.30. The van der Waals surface area contributed by atoms with Gasteiger partial charge in [0.15, 0.2) is 0 Å². The SMILES string of the molecule is Cc1cnn(C)c1C(=O)N1CCC1. The molecule has 1 aliphatic rings. The molecular formula is C9H13N3O. The van der Waals surface area contributed by atoms with Gasteiger partial charge in [-0.25, -0.2) is 0 Å². The Kier molecular flexibility index (Phi) is 1.83. The van der Waals surface area contributed by atoms with E-state index in [9.17, 15) is 4.79 Å². The standard InChI is InChI=1S/C9H13N3O/c1-7-6-10-11(2)8(7)9(13)12-4-3-5-12/h6H,3-5H2,1-2H3. The van der Waals surface area contributed by atoms with E-state index in [1.807, 2.05) is 11.8 Å². The largest absolute Gasteiger partial charge is 0.337 e. The van der Waals surface area contributed by atoms with Gasteiger partial charge in [-0.3, -0.25) is 9.48 Å². The second kappa shape index (κ2) is 2.87. The highest BCUT2D eigenvalue weighted by atomic mass is 16.2. The molecule has 4 nitrogen and oxygen atoms in total. The minimum Gasteiger partial charge on any atom is -0.337 e. The van der Waals surface area contributed by atoms with Gasteiger partial charge in [0.05, 0.1) is 6.20 Å². The van der Waals surface area contributed by atoms with E-state index in [1.54, 1.807) is 17.9 Å². The van der Waals surface area contributed by atoms with Gasteiger partial charge in [-0.15, -0.1) is 0 Å². The molecule has 70 valence electrons. The lowest BCUT2D eigenvalue weighted by atomic mass is 10.1. The fourth-order valence-electron chi connectivity index (χ4n) is 1.52. The third kappa shape index (κ3) is 1.22. The number of carbonyl (C=O) groups is 1. The molecule has 0 radical (unpaired) electrons. The predicted octanol–water partition coefficient (Wildman–Crippen LogP) is 0.574. The first-order valence-electron chi connectivity index (χ1n) is 4.48. The van der Waals surface area contributed by atoms with Crippen molar-refractivity contribution < 1.29 is 4.79 Å². The molecule has 0 saturated carbocycles. The molecule has 0 aliphatic carbocycles. The van der Waals surface area contributed by atoms with E-state index in [0.29, 0.717) is 0 Å². The first kappa shape index (κ1) is 8.29. The quantitative estimate of drug-likeness (QED) is 0.632. The molecule has 2 heterocycles. The van der Waals surface area contributed by atoms with Gasteiger partial charge in [0.2, 0.25) is 0 Å². The third-order valence-electron chi connectivity index (χ3n) is 2.47. The minimum absolute atomic E-state index is 0.115. The number of nitrogens with zero attached hydrogens (tertiary/aromatic N) is 3. The third-order valence-corrected chi connectivity index (χ3v) is 2.47. The smallest absolute Gasteiger partial charge is 0.272 e. The van der Waals surface area contributed by atoms with Crippen molar-refractivity contribution in [3.05, 3.63) is 17.5 Å². The number of aromatic nitrogens is 2.